The number of hydrogen-bond donors (Lipinski definition) is 0. The van der Waals surface area contributed by atoms with Gasteiger partial charge in [0.25, 0.3) is 5.91 Å². The number of benzene rings is 2. The second-order valence-electron chi connectivity index (χ2n) is 9.00. The fraction of sp³-hybridized carbons (Fsp3) is 0.500. The van der Waals surface area contributed by atoms with Crippen LogP contribution < -0.4 is 14.2 Å². The van der Waals surface area contributed by atoms with Crippen LogP contribution in [-0.4, -0.2) is 68.4 Å². The first-order valence-electron chi connectivity index (χ1n) is 11.7. The fourth-order valence-electron chi connectivity index (χ4n) is 4.35. The topological polar surface area (TPSA) is 60.5 Å². The maximum absolute atomic E-state index is 13.5. The van der Waals surface area contributed by atoms with Crippen LogP contribution >= 0.6 is 0 Å². The highest BCUT2D eigenvalue weighted by molar-refractivity contribution is 5.81. The van der Waals surface area contributed by atoms with Crippen LogP contribution in [0.2, 0.25) is 0 Å². The van der Waals surface area contributed by atoms with E-state index in [0.29, 0.717) is 45.4 Å². The van der Waals surface area contributed by atoms with Gasteiger partial charge >= 0.3 is 0 Å². The molecule has 4 rings (SSSR count). The quantitative estimate of drug-likeness (QED) is 0.610. The van der Waals surface area contributed by atoms with Crippen molar-refractivity contribution < 1.29 is 23.7 Å². The number of ether oxygens (including phenoxy) is 4. The molecule has 1 fully saturated rings. The zero-order chi connectivity index (χ0) is 23.2. The average molecular weight is 455 g/mol. The summed E-state index contributed by atoms with van der Waals surface area (Å²) in [6, 6.07) is 13.9. The molecule has 2 aromatic rings. The molecule has 0 spiro atoms. The Morgan fingerprint density at radius 3 is 2.70 bits per heavy atom. The summed E-state index contributed by atoms with van der Waals surface area (Å²) < 4.78 is 22.8. The van der Waals surface area contributed by atoms with E-state index in [1.54, 1.807) is 7.11 Å². The van der Waals surface area contributed by atoms with Gasteiger partial charge in [0, 0.05) is 38.3 Å². The van der Waals surface area contributed by atoms with E-state index in [2.05, 4.69) is 24.8 Å². The summed E-state index contributed by atoms with van der Waals surface area (Å²) >= 11 is 0. The molecule has 7 nitrogen and oxygen atoms in total. The normalized spacial score (nSPS) is 18.2. The van der Waals surface area contributed by atoms with Gasteiger partial charge in [-0.15, -0.1) is 0 Å². The first kappa shape index (κ1) is 23.4. The molecule has 178 valence electrons. The molecule has 0 N–H and O–H groups in total. The Morgan fingerprint density at radius 2 is 1.91 bits per heavy atom. The standard InChI is InChI=1S/C26H34N2O5/c1-19(2)15-28(16-20-8-9-23-24(14-20)33-13-12-32-23)26(29)25-18-27(10-11-31-25)17-21-6-4-5-7-22(21)30-3/h4-9,14,19,25H,10-13,15-18H2,1-3H3. The van der Waals surface area contributed by atoms with Gasteiger partial charge in [0.1, 0.15) is 25.1 Å². The third kappa shape index (κ3) is 5.97. The van der Waals surface area contributed by atoms with E-state index < -0.39 is 6.10 Å². The third-order valence-electron chi connectivity index (χ3n) is 5.89. The molecule has 2 aromatic carbocycles. The number of morpholine rings is 1. The van der Waals surface area contributed by atoms with E-state index in [4.69, 9.17) is 18.9 Å². The number of carbonyl (C=O) groups is 1. The summed E-state index contributed by atoms with van der Waals surface area (Å²) in [5.41, 5.74) is 2.14. The molecular formula is C26H34N2O5. The van der Waals surface area contributed by atoms with Gasteiger partial charge < -0.3 is 23.8 Å². The molecule has 0 aliphatic carbocycles. The minimum absolute atomic E-state index is 0.0308. The van der Waals surface area contributed by atoms with Gasteiger partial charge in [-0.1, -0.05) is 38.1 Å². The number of methoxy groups -OCH3 is 1. The second kappa shape index (κ2) is 10.9. The Balaban J connectivity index is 1.44. The predicted octanol–water partition coefficient (Wildman–Crippen LogP) is 3.35. The van der Waals surface area contributed by atoms with Crippen molar-refractivity contribution in [3.05, 3.63) is 53.6 Å². The molecule has 0 radical (unpaired) electrons. The van der Waals surface area contributed by atoms with Gasteiger partial charge in [0.15, 0.2) is 11.5 Å². The van der Waals surface area contributed by atoms with Crippen molar-refractivity contribution in [2.75, 3.05) is 46.6 Å². The summed E-state index contributed by atoms with van der Waals surface area (Å²) in [5.74, 6) is 2.75. The monoisotopic (exact) mass is 454 g/mol. The van der Waals surface area contributed by atoms with Crippen molar-refractivity contribution in [1.82, 2.24) is 9.80 Å². The summed E-state index contributed by atoms with van der Waals surface area (Å²) in [6.07, 6.45) is -0.482. The molecule has 1 atom stereocenters. The van der Waals surface area contributed by atoms with Crippen LogP contribution in [0.4, 0.5) is 0 Å². The Kier molecular flexibility index (Phi) is 7.73. The van der Waals surface area contributed by atoms with E-state index >= 15 is 0 Å². The van der Waals surface area contributed by atoms with Crippen LogP contribution in [0.1, 0.15) is 25.0 Å². The van der Waals surface area contributed by atoms with E-state index in [-0.39, 0.29) is 5.91 Å². The summed E-state index contributed by atoms with van der Waals surface area (Å²) in [5, 5.41) is 0. The van der Waals surface area contributed by atoms with E-state index in [1.165, 1.54) is 0 Å². The average Bonchev–Trinajstić information content (AvgIpc) is 2.83. The Morgan fingerprint density at radius 1 is 1.12 bits per heavy atom. The molecule has 1 unspecified atom stereocenters. The van der Waals surface area contributed by atoms with Crippen LogP contribution in [-0.2, 0) is 22.6 Å². The van der Waals surface area contributed by atoms with Crippen molar-refractivity contribution >= 4 is 5.91 Å². The van der Waals surface area contributed by atoms with Gasteiger partial charge in [-0.25, -0.2) is 0 Å². The van der Waals surface area contributed by atoms with Crippen LogP contribution in [0.5, 0.6) is 17.2 Å². The molecule has 1 saturated heterocycles. The van der Waals surface area contributed by atoms with E-state index in [9.17, 15) is 4.79 Å². The van der Waals surface area contributed by atoms with Crippen molar-refractivity contribution in [3.8, 4) is 17.2 Å². The molecular weight excluding hydrogens is 420 g/mol. The van der Waals surface area contributed by atoms with Gasteiger partial charge in [-0.05, 0) is 29.7 Å². The minimum atomic E-state index is -0.482. The highest BCUT2D eigenvalue weighted by Gasteiger charge is 2.31. The van der Waals surface area contributed by atoms with Crippen molar-refractivity contribution in [2.24, 2.45) is 5.92 Å². The maximum Gasteiger partial charge on any atom is 0.253 e. The molecule has 0 saturated carbocycles. The van der Waals surface area contributed by atoms with Crippen LogP contribution in [0.25, 0.3) is 0 Å². The van der Waals surface area contributed by atoms with Crippen molar-refractivity contribution in [2.45, 2.75) is 33.0 Å². The first-order valence-corrected chi connectivity index (χ1v) is 11.7. The molecule has 2 heterocycles. The largest absolute Gasteiger partial charge is 0.496 e. The number of hydrogen-bond acceptors (Lipinski definition) is 6. The number of amides is 1. The van der Waals surface area contributed by atoms with Crippen molar-refractivity contribution in [3.63, 3.8) is 0 Å². The van der Waals surface area contributed by atoms with Crippen LogP contribution in [0, 0.1) is 5.92 Å². The zero-order valence-corrected chi connectivity index (χ0v) is 19.8. The second-order valence-corrected chi connectivity index (χ2v) is 9.00. The third-order valence-corrected chi connectivity index (χ3v) is 5.89. The number of rotatable bonds is 8. The molecule has 2 aliphatic rings. The van der Waals surface area contributed by atoms with Gasteiger partial charge in [0.05, 0.1) is 13.7 Å². The van der Waals surface area contributed by atoms with Crippen LogP contribution in [0.15, 0.2) is 42.5 Å². The molecule has 0 aromatic heterocycles. The minimum Gasteiger partial charge on any atom is -0.496 e. The zero-order valence-electron chi connectivity index (χ0n) is 19.8. The molecule has 7 heteroatoms. The Hall–Kier alpha value is -2.77. The SMILES string of the molecule is COc1ccccc1CN1CCOC(C(=O)N(Cc2ccc3c(c2)OCCO3)CC(C)C)C1. The lowest BCUT2D eigenvalue weighted by Gasteiger charge is -2.36. The summed E-state index contributed by atoms with van der Waals surface area (Å²) in [6.45, 7) is 9.15. The highest BCUT2D eigenvalue weighted by Crippen LogP contribution is 2.31. The smallest absolute Gasteiger partial charge is 0.253 e. The lowest BCUT2D eigenvalue weighted by atomic mass is 10.1. The van der Waals surface area contributed by atoms with Gasteiger partial charge in [-0.3, -0.25) is 9.69 Å². The van der Waals surface area contributed by atoms with Crippen molar-refractivity contribution in [1.29, 1.82) is 0 Å². The van der Waals surface area contributed by atoms with Crippen LogP contribution in [0.3, 0.4) is 0 Å². The lowest BCUT2D eigenvalue weighted by Crippen LogP contribution is -2.51. The predicted molar refractivity (Wildman–Crippen MR) is 126 cm³/mol. The molecule has 33 heavy (non-hydrogen) atoms. The van der Waals surface area contributed by atoms with Gasteiger partial charge in [-0.2, -0.15) is 0 Å². The molecule has 2 aliphatic heterocycles. The van der Waals surface area contributed by atoms with Gasteiger partial charge in [0.2, 0.25) is 0 Å². The van der Waals surface area contributed by atoms with E-state index in [1.807, 2.05) is 41.3 Å². The summed E-state index contributed by atoms with van der Waals surface area (Å²) in [7, 11) is 1.69. The Bertz CT molecular complexity index is 948. The number of fused-ring (bicyclic) bond motifs is 1. The first-order chi connectivity index (χ1) is 16.0. The highest BCUT2D eigenvalue weighted by atomic mass is 16.6. The lowest BCUT2D eigenvalue weighted by molar-refractivity contribution is -0.151. The molecule has 1 amide bonds. The number of carbonyl (C=O) groups excluding carboxylic acids is 1. The number of nitrogens with zero attached hydrogens (tertiary/aromatic N) is 2. The van der Waals surface area contributed by atoms with E-state index in [0.717, 1.165) is 41.5 Å². The maximum atomic E-state index is 13.5. The summed E-state index contributed by atoms with van der Waals surface area (Å²) in [4.78, 5) is 17.7. The Labute approximate surface area is 196 Å². The fourth-order valence-corrected chi connectivity index (χ4v) is 4.35. The number of para-hydroxylation sites is 1. The molecule has 0 bridgehead atoms.